The fraction of sp³-hybridized carbons (Fsp3) is 0.136. The minimum Gasteiger partial charge on any atom is -0.322 e. The van der Waals surface area contributed by atoms with E-state index in [1.54, 1.807) is 0 Å². The molecular weight excluding hydrogens is 464 g/mol. The van der Waals surface area contributed by atoms with Crippen molar-refractivity contribution in [2.75, 3.05) is 6.54 Å². The second-order valence-corrected chi connectivity index (χ2v) is 7.19. The van der Waals surface area contributed by atoms with Gasteiger partial charge in [-0.25, -0.2) is 23.4 Å². The lowest BCUT2D eigenvalue weighted by molar-refractivity contribution is -0.0443. The number of hydrazone groups is 1. The number of hydrogen-bond donors (Lipinski definition) is 2. The standard InChI is InChI=1S/C22H17F6N5O/c23-14-3-4-15(18(25)8-14)16(10-33(30)11-32-29)22(27,28)20-6-2-13(9-31-20)21(34)12-1-5-17(24)19(26)7-12/h1-9,11,16H,10,29-30H2/b32-11-. The third-order valence-electron chi connectivity index (χ3n) is 4.93. The van der Waals surface area contributed by atoms with E-state index in [-0.39, 0.29) is 11.1 Å². The largest absolute Gasteiger partial charge is 0.322 e. The molecular formula is C22H17F6N5O. The van der Waals surface area contributed by atoms with E-state index in [0.29, 0.717) is 17.1 Å². The minimum atomic E-state index is -3.86. The zero-order valence-electron chi connectivity index (χ0n) is 17.2. The number of benzene rings is 2. The number of halogens is 6. The summed E-state index contributed by atoms with van der Waals surface area (Å²) in [5.74, 6) is -0.650. The molecule has 1 unspecified atom stereocenters. The zero-order valence-corrected chi connectivity index (χ0v) is 17.2. The van der Waals surface area contributed by atoms with Crippen molar-refractivity contribution < 1.29 is 31.1 Å². The van der Waals surface area contributed by atoms with E-state index in [9.17, 15) is 22.4 Å². The summed E-state index contributed by atoms with van der Waals surface area (Å²) in [4.78, 5) is 16.1. The van der Waals surface area contributed by atoms with E-state index < -0.39 is 58.7 Å². The number of hydrazine groups is 1. The fourth-order valence-electron chi connectivity index (χ4n) is 3.24. The summed E-state index contributed by atoms with van der Waals surface area (Å²) in [7, 11) is 0. The van der Waals surface area contributed by atoms with Crippen LogP contribution in [0.25, 0.3) is 0 Å². The van der Waals surface area contributed by atoms with Crippen molar-refractivity contribution in [1.82, 2.24) is 9.99 Å². The molecule has 34 heavy (non-hydrogen) atoms. The quantitative estimate of drug-likeness (QED) is 0.127. The number of alkyl halides is 2. The Morgan fingerprint density at radius 2 is 1.71 bits per heavy atom. The molecule has 1 aromatic heterocycles. The third-order valence-corrected chi connectivity index (χ3v) is 4.93. The first-order valence-electron chi connectivity index (χ1n) is 9.58. The molecule has 6 nitrogen and oxygen atoms in total. The molecule has 0 radical (unpaired) electrons. The van der Waals surface area contributed by atoms with E-state index in [2.05, 4.69) is 10.1 Å². The van der Waals surface area contributed by atoms with Crippen LogP contribution in [0.4, 0.5) is 26.3 Å². The van der Waals surface area contributed by atoms with Crippen LogP contribution in [0.5, 0.6) is 0 Å². The van der Waals surface area contributed by atoms with Gasteiger partial charge in [0, 0.05) is 29.9 Å². The summed E-state index contributed by atoms with van der Waals surface area (Å²) in [6.45, 7) is -0.687. The number of nitrogens with two attached hydrogens (primary N) is 2. The van der Waals surface area contributed by atoms with Crippen LogP contribution in [-0.2, 0) is 5.92 Å². The lowest BCUT2D eigenvalue weighted by Crippen LogP contribution is -2.40. The summed E-state index contributed by atoms with van der Waals surface area (Å²) in [5, 5.41) is 3.82. The Balaban J connectivity index is 1.97. The van der Waals surface area contributed by atoms with Crippen LogP contribution >= 0.6 is 0 Å². The van der Waals surface area contributed by atoms with Gasteiger partial charge in [0.1, 0.15) is 23.7 Å². The number of hydrogen-bond acceptors (Lipinski definition) is 5. The SMILES string of the molecule is N/N=C\N(N)CC(c1ccc(F)cc1F)C(F)(F)c1ccc(C(=O)c2ccc(F)c(F)c2)cn1. The summed E-state index contributed by atoms with van der Waals surface area (Å²) >= 11 is 0. The van der Waals surface area contributed by atoms with Crippen molar-refractivity contribution in [3.63, 3.8) is 0 Å². The third kappa shape index (κ3) is 5.17. The second-order valence-electron chi connectivity index (χ2n) is 7.19. The number of carbonyl (C=O) groups is 1. The Labute approximate surface area is 189 Å². The second kappa shape index (κ2) is 9.91. The Morgan fingerprint density at radius 3 is 2.29 bits per heavy atom. The van der Waals surface area contributed by atoms with Crippen molar-refractivity contribution >= 4 is 12.1 Å². The van der Waals surface area contributed by atoms with Crippen LogP contribution in [0.3, 0.4) is 0 Å². The maximum Gasteiger partial charge on any atom is 0.298 e. The monoisotopic (exact) mass is 481 g/mol. The summed E-state index contributed by atoms with van der Waals surface area (Å²) in [6, 6.07) is 6.43. The average Bonchev–Trinajstić information content (AvgIpc) is 2.79. The lowest BCUT2D eigenvalue weighted by atomic mass is 9.89. The molecule has 12 heteroatoms. The molecule has 178 valence electrons. The molecule has 1 atom stereocenters. The van der Waals surface area contributed by atoms with Crippen LogP contribution in [0.15, 0.2) is 59.8 Å². The Morgan fingerprint density at radius 1 is 1.00 bits per heavy atom. The Kier molecular flexibility index (Phi) is 7.20. The smallest absolute Gasteiger partial charge is 0.298 e. The molecule has 0 fully saturated rings. The highest BCUT2D eigenvalue weighted by Gasteiger charge is 2.45. The van der Waals surface area contributed by atoms with Crippen LogP contribution in [0.2, 0.25) is 0 Å². The van der Waals surface area contributed by atoms with Gasteiger partial charge in [-0.1, -0.05) is 6.07 Å². The van der Waals surface area contributed by atoms with E-state index in [1.165, 1.54) is 0 Å². The molecule has 0 amide bonds. The van der Waals surface area contributed by atoms with Gasteiger partial charge in [0.05, 0.1) is 5.92 Å². The summed E-state index contributed by atoms with van der Waals surface area (Å²) < 4.78 is 85.2. The van der Waals surface area contributed by atoms with Gasteiger partial charge in [-0.3, -0.25) is 14.8 Å². The van der Waals surface area contributed by atoms with Gasteiger partial charge < -0.3 is 5.84 Å². The number of nitrogens with zero attached hydrogens (tertiary/aromatic N) is 3. The summed E-state index contributed by atoms with van der Waals surface area (Å²) in [5.41, 5.74) is -1.78. The highest BCUT2D eigenvalue weighted by molar-refractivity contribution is 6.08. The molecule has 3 aromatic rings. The van der Waals surface area contributed by atoms with Crippen molar-refractivity contribution in [2.24, 2.45) is 16.8 Å². The normalized spacial score (nSPS) is 12.7. The fourth-order valence-corrected chi connectivity index (χ4v) is 3.24. The van der Waals surface area contributed by atoms with Crippen LogP contribution < -0.4 is 11.7 Å². The molecule has 0 saturated heterocycles. The van der Waals surface area contributed by atoms with Gasteiger partial charge >= 0.3 is 0 Å². The van der Waals surface area contributed by atoms with Gasteiger partial charge in [-0.05, 0) is 42.0 Å². The van der Waals surface area contributed by atoms with Crippen LogP contribution in [0.1, 0.15) is 33.1 Å². The first kappa shape index (κ1) is 24.7. The van der Waals surface area contributed by atoms with E-state index >= 15 is 8.78 Å². The van der Waals surface area contributed by atoms with Crippen molar-refractivity contribution in [2.45, 2.75) is 11.8 Å². The predicted molar refractivity (Wildman–Crippen MR) is 111 cm³/mol. The van der Waals surface area contributed by atoms with Crippen molar-refractivity contribution in [1.29, 1.82) is 0 Å². The Bertz CT molecular complexity index is 1220. The maximum absolute atomic E-state index is 15.5. The first-order valence-corrected chi connectivity index (χ1v) is 9.58. The molecule has 0 aliphatic rings. The predicted octanol–water partition coefficient (Wildman–Crippen LogP) is 3.82. The van der Waals surface area contributed by atoms with Gasteiger partial charge in [0.25, 0.3) is 5.92 Å². The van der Waals surface area contributed by atoms with Gasteiger partial charge in [0.2, 0.25) is 0 Å². The topological polar surface area (TPSA) is 97.6 Å². The lowest BCUT2D eigenvalue weighted by Gasteiger charge is -2.29. The average molecular weight is 481 g/mol. The molecule has 0 bridgehead atoms. The highest BCUT2D eigenvalue weighted by Crippen LogP contribution is 2.42. The number of carbonyl (C=O) groups excluding carboxylic acids is 1. The summed E-state index contributed by atoms with van der Waals surface area (Å²) in [6.07, 6.45) is 1.66. The first-order chi connectivity index (χ1) is 16.0. The molecule has 0 spiro atoms. The van der Waals surface area contributed by atoms with E-state index in [4.69, 9.17) is 11.7 Å². The minimum absolute atomic E-state index is 0.175. The number of pyridine rings is 1. The molecule has 3 rings (SSSR count). The molecule has 0 aliphatic heterocycles. The molecule has 0 saturated carbocycles. The van der Waals surface area contributed by atoms with E-state index in [1.807, 2.05) is 0 Å². The molecule has 1 heterocycles. The number of rotatable bonds is 8. The van der Waals surface area contributed by atoms with Crippen LogP contribution in [0, 0.1) is 23.3 Å². The van der Waals surface area contributed by atoms with Crippen molar-refractivity contribution in [3.05, 3.63) is 100 Å². The molecule has 4 N–H and O–H groups in total. The van der Waals surface area contributed by atoms with Gasteiger partial charge in [-0.2, -0.15) is 13.9 Å². The van der Waals surface area contributed by atoms with Crippen LogP contribution in [-0.4, -0.2) is 28.7 Å². The van der Waals surface area contributed by atoms with Gasteiger partial charge in [-0.15, -0.1) is 0 Å². The molecule has 2 aromatic carbocycles. The Hall–Kier alpha value is -3.93. The highest BCUT2D eigenvalue weighted by atomic mass is 19.3. The van der Waals surface area contributed by atoms with E-state index in [0.717, 1.165) is 48.9 Å². The maximum atomic E-state index is 15.5. The van der Waals surface area contributed by atoms with Crippen molar-refractivity contribution in [3.8, 4) is 0 Å². The zero-order chi connectivity index (χ0) is 25.0. The number of ketones is 1. The molecule has 0 aliphatic carbocycles. The van der Waals surface area contributed by atoms with Gasteiger partial charge in [0.15, 0.2) is 17.4 Å². The number of aromatic nitrogens is 1.